The van der Waals surface area contributed by atoms with Gasteiger partial charge in [-0.15, -0.1) is 0 Å². The van der Waals surface area contributed by atoms with Crippen molar-refractivity contribution in [3.63, 3.8) is 0 Å². The molecule has 2 N–H and O–H groups in total. The largest absolute Gasteiger partial charge is 0.389 e. The van der Waals surface area contributed by atoms with Crippen LogP contribution in [0.3, 0.4) is 0 Å². The van der Waals surface area contributed by atoms with Crippen LogP contribution in [0.2, 0.25) is 0 Å². The van der Waals surface area contributed by atoms with Crippen molar-refractivity contribution in [2.45, 2.75) is 12.2 Å². The summed E-state index contributed by atoms with van der Waals surface area (Å²) in [6.07, 6.45) is 1.73. The number of aromatic nitrogens is 1. The number of rotatable bonds is 3. The van der Waals surface area contributed by atoms with E-state index in [1.54, 1.807) is 18.5 Å². The van der Waals surface area contributed by atoms with Gasteiger partial charge in [-0.3, -0.25) is 4.98 Å². The van der Waals surface area contributed by atoms with Gasteiger partial charge in [0.25, 0.3) is 0 Å². The number of aliphatic hydroxyl groups is 2. The van der Waals surface area contributed by atoms with Crippen molar-refractivity contribution in [3.8, 4) is 0 Å². The van der Waals surface area contributed by atoms with Crippen molar-refractivity contribution < 1.29 is 10.2 Å². The summed E-state index contributed by atoms with van der Waals surface area (Å²) in [7, 11) is 0. The minimum Gasteiger partial charge on any atom is -0.389 e. The lowest BCUT2D eigenvalue weighted by molar-refractivity contribution is 0.0338. The first-order valence-corrected chi connectivity index (χ1v) is 5.66. The number of pyridine rings is 1. The Morgan fingerprint density at radius 2 is 2.00 bits per heavy atom. The van der Waals surface area contributed by atoms with Gasteiger partial charge in [-0.2, -0.15) is 12.6 Å². The SMILES string of the molecule is OC(CS)C(O)c1ccc2cnccc2c1. The Morgan fingerprint density at radius 1 is 1.19 bits per heavy atom. The van der Waals surface area contributed by atoms with Crippen molar-refractivity contribution in [3.05, 3.63) is 42.2 Å². The normalized spacial score (nSPS) is 14.9. The molecule has 0 saturated carbocycles. The molecular formula is C12H13NO2S. The van der Waals surface area contributed by atoms with Crippen LogP contribution in [0.5, 0.6) is 0 Å². The molecule has 0 amide bonds. The standard InChI is InChI=1S/C12H13NO2S/c14-11(7-16)12(15)9-1-2-10-6-13-4-3-8(10)5-9/h1-6,11-12,14-16H,7H2. The van der Waals surface area contributed by atoms with Gasteiger partial charge in [-0.05, 0) is 23.1 Å². The summed E-state index contributed by atoms with van der Waals surface area (Å²) in [5.74, 6) is 0.232. The predicted molar refractivity (Wildman–Crippen MR) is 66.6 cm³/mol. The molecular weight excluding hydrogens is 222 g/mol. The Hall–Kier alpha value is -1.10. The summed E-state index contributed by atoms with van der Waals surface area (Å²) in [6.45, 7) is 0. The van der Waals surface area contributed by atoms with Crippen LogP contribution < -0.4 is 0 Å². The van der Waals surface area contributed by atoms with E-state index in [1.807, 2.05) is 18.2 Å². The van der Waals surface area contributed by atoms with Crippen LogP contribution in [-0.4, -0.2) is 27.1 Å². The molecule has 1 heterocycles. The minimum atomic E-state index is -0.893. The first-order chi connectivity index (χ1) is 7.72. The lowest BCUT2D eigenvalue weighted by atomic mass is 10.0. The molecule has 3 nitrogen and oxygen atoms in total. The molecule has 0 aliphatic rings. The quantitative estimate of drug-likeness (QED) is 0.708. The molecule has 0 radical (unpaired) electrons. The third kappa shape index (κ3) is 2.19. The highest BCUT2D eigenvalue weighted by Gasteiger charge is 2.16. The molecule has 2 atom stereocenters. The maximum absolute atomic E-state index is 9.83. The van der Waals surface area contributed by atoms with Crippen LogP contribution in [0.4, 0.5) is 0 Å². The van der Waals surface area contributed by atoms with Crippen LogP contribution in [0.1, 0.15) is 11.7 Å². The zero-order chi connectivity index (χ0) is 11.5. The van der Waals surface area contributed by atoms with Gasteiger partial charge in [-0.25, -0.2) is 0 Å². The molecule has 16 heavy (non-hydrogen) atoms. The molecule has 0 fully saturated rings. The summed E-state index contributed by atoms with van der Waals surface area (Å²) in [5.41, 5.74) is 0.695. The molecule has 2 aromatic rings. The zero-order valence-corrected chi connectivity index (χ0v) is 9.51. The van der Waals surface area contributed by atoms with Crippen molar-refractivity contribution in [2.24, 2.45) is 0 Å². The smallest absolute Gasteiger partial charge is 0.106 e. The molecule has 1 aromatic carbocycles. The van der Waals surface area contributed by atoms with Gasteiger partial charge in [0.1, 0.15) is 6.10 Å². The maximum Gasteiger partial charge on any atom is 0.106 e. The Balaban J connectivity index is 2.39. The van der Waals surface area contributed by atoms with Crippen LogP contribution in [-0.2, 0) is 0 Å². The van der Waals surface area contributed by atoms with E-state index in [-0.39, 0.29) is 5.75 Å². The number of aliphatic hydroxyl groups excluding tert-OH is 2. The molecule has 84 valence electrons. The topological polar surface area (TPSA) is 53.4 Å². The molecule has 0 aliphatic heterocycles. The maximum atomic E-state index is 9.83. The van der Waals surface area contributed by atoms with Gasteiger partial charge in [0.15, 0.2) is 0 Å². The van der Waals surface area contributed by atoms with Crippen molar-refractivity contribution in [1.29, 1.82) is 0 Å². The fraction of sp³-hybridized carbons (Fsp3) is 0.250. The average Bonchev–Trinajstić information content (AvgIpc) is 2.36. The lowest BCUT2D eigenvalue weighted by Crippen LogP contribution is -2.19. The van der Waals surface area contributed by atoms with Gasteiger partial charge in [0.2, 0.25) is 0 Å². The highest BCUT2D eigenvalue weighted by Crippen LogP contribution is 2.22. The fourth-order valence-corrected chi connectivity index (χ4v) is 1.81. The van der Waals surface area contributed by atoms with E-state index in [1.165, 1.54) is 0 Å². The third-order valence-electron chi connectivity index (χ3n) is 2.56. The monoisotopic (exact) mass is 235 g/mol. The van der Waals surface area contributed by atoms with Crippen LogP contribution in [0.25, 0.3) is 10.8 Å². The molecule has 0 aliphatic carbocycles. The average molecular weight is 235 g/mol. The predicted octanol–water partition coefficient (Wildman–Crippen LogP) is 1.56. The molecule has 1 aromatic heterocycles. The lowest BCUT2D eigenvalue weighted by Gasteiger charge is -2.16. The highest BCUT2D eigenvalue weighted by molar-refractivity contribution is 7.80. The van der Waals surface area contributed by atoms with Crippen LogP contribution in [0, 0.1) is 0 Å². The third-order valence-corrected chi connectivity index (χ3v) is 2.93. The number of fused-ring (bicyclic) bond motifs is 1. The second kappa shape index (κ2) is 4.82. The summed E-state index contributed by atoms with van der Waals surface area (Å²) in [5, 5.41) is 21.4. The molecule has 0 bridgehead atoms. The van der Waals surface area contributed by atoms with E-state index in [0.29, 0.717) is 5.56 Å². The molecule has 2 unspecified atom stereocenters. The van der Waals surface area contributed by atoms with Gasteiger partial charge >= 0.3 is 0 Å². The van der Waals surface area contributed by atoms with E-state index in [0.717, 1.165) is 10.8 Å². The Kier molecular flexibility index (Phi) is 3.43. The van der Waals surface area contributed by atoms with Crippen molar-refractivity contribution >= 4 is 23.4 Å². The summed E-state index contributed by atoms with van der Waals surface area (Å²) in [6, 6.07) is 7.40. The minimum absolute atomic E-state index is 0.232. The van der Waals surface area contributed by atoms with Crippen molar-refractivity contribution in [1.82, 2.24) is 4.98 Å². The number of thiol groups is 1. The fourth-order valence-electron chi connectivity index (χ4n) is 1.61. The summed E-state index contributed by atoms with van der Waals surface area (Å²) < 4.78 is 0. The highest BCUT2D eigenvalue weighted by atomic mass is 32.1. The van der Waals surface area contributed by atoms with E-state index in [4.69, 9.17) is 0 Å². The molecule has 0 saturated heterocycles. The van der Waals surface area contributed by atoms with Gasteiger partial charge in [0, 0.05) is 23.5 Å². The second-order valence-corrected chi connectivity index (χ2v) is 4.04. The van der Waals surface area contributed by atoms with Crippen molar-refractivity contribution in [2.75, 3.05) is 5.75 Å². The zero-order valence-electron chi connectivity index (χ0n) is 8.61. The van der Waals surface area contributed by atoms with E-state index < -0.39 is 12.2 Å². The van der Waals surface area contributed by atoms with Gasteiger partial charge in [-0.1, -0.05) is 12.1 Å². The summed E-state index contributed by atoms with van der Waals surface area (Å²) >= 11 is 3.96. The van der Waals surface area contributed by atoms with Gasteiger partial charge in [0.05, 0.1) is 6.10 Å². The first-order valence-electron chi connectivity index (χ1n) is 5.03. The van der Waals surface area contributed by atoms with E-state index in [2.05, 4.69) is 17.6 Å². The summed E-state index contributed by atoms with van der Waals surface area (Å²) in [4.78, 5) is 4.01. The molecule has 4 heteroatoms. The Labute approximate surface area is 99.2 Å². The number of benzene rings is 1. The molecule has 2 rings (SSSR count). The number of nitrogens with zero attached hydrogens (tertiary/aromatic N) is 1. The first kappa shape index (κ1) is 11.4. The van der Waals surface area contributed by atoms with E-state index >= 15 is 0 Å². The number of hydrogen-bond acceptors (Lipinski definition) is 4. The second-order valence-electron chi connectivity index (χ2n) is 3.68. The van der Waals surface area contributed by atoms with Crippen LogP contribution >= 0.6 is 12.6 Å². The number of hydrogen-bond donors (Lipinski definition) is 3. The Bertz CT molecular complexity index is 489. The molecule has 0 spiro atoms. The van der Waals surface area contributed by atoms with Gasteiger partial charge < -0.3 is 10.2 Å². The van der Waals surface area contributed by atoms with Crippen LogP contribution in [0.15, 0.2) is 36.7 Å². The van der Waals surface area contributed by atoms with E-state index in [9.17, 15) is 10.2 Å². The Morgan fingerprint density at radius 3 is 2.75 bits per heavy atom.